The predicted molar refractivity (Wildman–Crippen MR) is 54.5 cm³/mol. The maximum atomic E-state index is 11.3. The van der Waals surface area contributed by atoms with Crippen molar-refractivity contribution in [1.82, 2.24) is 0 Å². The Morgan fingerprint density at radius 2 is 1.92 bits per heavy atom. The minimum absolute atomic E-state index is 0.0269. The largest absolute Gasteiger partial charge is 0.459 e. The van der Waals surface area contributed by atoms with Crippen molar-refractivity contribution in [1.29, 1.82) is 0 Å². The molecule has 78 valence electrons. The van der Waals surface area contributed by atoms with Gasteiger partial charge in [0.15, 0.2) is 0 Å². The van der Waals surface area contributed by atoms with Crippen molar-refractivity contribution < 1.29 is 9.53 Å². The van der Waals surface area contributed by atoms with Crippen LogP contribution in [0, 0.1) is 5.92 Å². The van der Waals surface area contributed by atoms with Crippen molar-refractivity contribution in [2.45, 2.75) is 59.5 Å². The van der Waals surface area contributed by atoms with E-state index >= 15 is 0 Å². The van der Waals surface area contributed by atoms with Crippen molar-refractivity contribution in [3.05, 3.63) is 0 Å². The Morgan fingerprint density at radius 3 is 2.31 bits per heavy atom. The molecule has 0 heterocycles. The summed E-state index contributed by atoms with van der Waals surface area (Å²) in [6, 6.07) is 0. The highest BCUT2D eigenvalue weighted by molar-refractivity contribution is 5.71. The van der Waals surface area contributed by atoms with Gasteiger partial charge in [-0.1, -0.05) is 27.2 Å². The lowest BCUT2D eigenvalue weighted by atomic mass is 10.0. The first-order valence-electron chi connectivity index (χ1n) is 5.12. The fourth-order valence-corrected chi connectivity index (χ4v) is 1.04. The summed E-state index contributed by atoms with van der Waals surface area (Å²) in [5.74, 6) is -0.123. The zero-order chi connectivity index (χ0) is 10.5. The summed E-state index contributed by atoms with van der Waals surface area (Å²) in [7, 11) is 0. The van der Waals surface area contributed by atoms with Gasteiger partial charge in [-0.15, -0.1) is 0 Å². The molecule has 2 heteroatoms. The van der Waals surface area contributed by atoms with Gasteiger partial charge in [-0.05, 0) is 26.7 Å². The van der Waals surface area contributed by atoms with Crippen molar-refractivity contribution in [2.24, 2.45) is 5.92 Å². The topological polar surface area (TPSA) is 26.3 Å². The van der Waals surface area contributed by atoms with E-state index < -0.39 is 0 Å². The molecule has 0 aromatic rings. The molecule has 0 bridgehead atoms. The predicted octanol–water partition coefficient (Wildman–Crippen LogP) is 3.15. The summed E-state index contributed by atoms with van der Waals surface area (Å²) >= 11 is 0. The molecule has 0 aliphatic heterocycles. The Balaban J connectivity index is 3.93. The molecule has 0 aromatic carbocycles. The van der Waals surface area contributed by atoms with Crippen molar-refractivity contribution >= 4 is 5.97 Å². The standard InChI is InChI=1S/C11H22O2/c1-6-7-8-11(4,5)13-10(12)9(2)3/h9H,6-8H2,1-5H3. The normalized spacial score (nSPS) is 11.8. The molecule has 0 saturated heterocycles. The second kappa shape index (κ2) is 5.25. The number of esters is 1. The molecule has 0 aliphatic rings. The number of carbonyl (C=O) groups excluding carboxylic acids is 1. The summed E-state index contributed by atoms with van der Waals surface area (Å²) in [5, 5.41) is 0. The van der Waals surface area contributed by atoms with E-state index in [2.05, 4.69) is 6.92 Å². The number of hydrogen-bond acceptors (Lipinski definition) is 2. The number of hydrogen-bond donors (Lipinski definition) is 0. The van der Waals surface area contributed by atoms with Crippen molar-refractivity contribution in [3.63, 3.8) is 0 Å². The van der Waals surface area contributed by atoms with E-state index in [0.717, 1.165) is 19.3 Å². The van der Waals surface area contributed by atoms with Crippen LogP contribution >= 0.6 is 0 Å². The van der Waals surface area contributed by atoms with Crippen LogP contribution in [-0.4, -0.2) is 11.6 Å². The molecule has 0 atom stereocenters. The molecule has 0 fully saturated rings. The van der Waals surface area contributed by atoms with E-state index in [1.807, 2.05) is 27.7 Å². The van der Waals surface area contributed by atoms with Crippen LogP contribution in [0.2, 0.25) is 0 Å². The molecule has 0 amide bonds. The van der Waals surface area contributed by atoms with Gasteiger partial charge in [-0.25, -0.2) is 0 Å². The molecule has 0 rings (SSSR count). The van der Waals surface area contributed by atoms with E-state index in [1.165, 1.54) is 0 Å². The highest BCUT2D eigenvalue weighted by Gasteiger charge is 2.23. The van der Waals surface area contributed by atoms with Crippen LogP contribution in [0.1, 0.15) is 53.9 Å². The van der Waals surface area contributed by atoms with E-state index in [-0.39, 0.29) is 17.5 Å². The molecule has 0 spiro atoms. The number of rotatable bonds is 5. The van der Waals surface area contributed by atoms with E-state index in [0.29, 0.717) is 0 Å². The molecule has 0 radical (unpaired) electrons. The van der Waals surface area contributed by atoms with E-state index in [1.54, 1.807) is 0 Å². The second-order valence-corrected chi connectivity index (χ2v) is 4.44. The van der Waals surface area contributed by atoms with E-state index in [4.69, 9.17) is 4.74 Å². The average Bonchev–Trinajstić information content (AvgIpc) is 2.00. The maximum Gasteiger partial charge on any atom is 0.308 e. The summed E-state index contributed by atoms with van der Waals surface area (Å²) < 4.78 is 5.36. The zero-order valence-corrected chi connectivity index (χ0v) is 9.52. The molecular formula is C11H22O2. The van der Waals surface area contributed by atoms with Crippen LogP contribution in [0.25, 0.3) is 0 Å². The minimum atomic E-state index is -0.294. The van der Waals surface area contributed by atoms with Gasteiger partial charge < -0.3 is 4.74 Å². The Morgan fingerprint density at radius 1 is 1.38 bits per heavy atom. The number of carbonyl (C=O) groups is 1. The highest BCUT2D eigenvalue weighted by atomic mass is 16.6. The smallest absolute Gasteiger partial charge is 0.308 e. The van der Waals surface area contributed by atoms with Crippen molar-refractivity contribution in [2.75, 3.05) is 0 Å². The van der Waals surface area contributed by atoms with Crippen LogP contribution in [0.15, 0.2) is 0 Å². The second-order valence-electron chi connectivity index (χ2n) is 4.44. The first-order valence-corrected chi connectivity index (χ1v) is 5.12. The Hall–Kier alpha value is -0.530. The monoisotopic (exact) mass is 186 g/mol. The van der Waals surface area contributed by atoms with Gasteiger partial charge in [-0.2, -0.15) is 0 Å². The molecule has 0 aliphatic carbocycles. The summed E-state index contributed by atoms with van der Waals surface area (Å²) in [5.41, 5.74) is -0.294. The summed E-state index contributed by atoms with van der Waals surface area (Å²) in [6.07, 6.45) is 3.20. The molecule has 2 nitrogen and oxygen atoms in total. The van der Waals surface area contributed by atoms with Crippen LogP contribution in [0.3, 0.4) is 0 Å². The molecule has 0 unspecified atom stereocenters. The third kappa shape index (κ3) is 5.67. The SMILES string of the molecule is CCCCC(C)(C)OC(=O)C(C)C. The zero-order valence-electron chi connectivity index (χ0n) is 9.52. The van der Waals surface area contributed by atoms with Gasteiger partial charge in [-0.3, -0.25) is 4.79 Å². The molecule has 0 saturated carbocycles. The fraction of sp³-hybridized carbons (Fsp3) is 0.909. The van der Waals surface area contributed by atoms with Gasteiger partial charge >= 0.3 is 5.97 Å². The quantitative estimate of drug-likeness (QED) is 0.616. The molecular weight excluding hydrogens is 164 g/mol. The van der Waals surface area contributed by atoms with Crippen LogP contribution < -0.4 is 0 Å². The Labute approximate surface area is 81.7 Å². The van der Waals surface area contributed by atoms with Gasteiger partial charge in [0.2, 0.25) is 0 Å². The number of unbranched alkanes of at least 4 members (excludes halogenated alkanes) is 1. The molecule has 0 N–H and O–H groups in total. The summed E-state index contributed by atoms with van der Waals surface area (Å²) in [4.78, 5) is 11.3. The van der Waals surface area contributed by atoms with Crippen LogP contribution in [0.4, 0.5) is 0 Å². The van der Waals surface area contributed by atoms with Crippen LogP contribution in [-0.2, 0) is 9.53 Å². The van der Waals surface area contributed by atoms with Gasteiger partial charge in [0.05, 0.1) is 5.92 Å². The highest BCUT2D eigenvalue weighted by Crippen LogP contribution is 2.19. The third-order valence-corrected chi connectivity index (χ3v) is 1.98. The average molecular weight is 186 g/mol. The lowest BCUT2D eigenvalue weighted by Crippen LogP contribution is -2.30. The van der Waals surface area contributed by atoms with Crippen LogP contribution in [0.5, 0.6) is 0 Å². The lowest BCUT2D eigenvalue weighted by Gasteiger charge is -2.25. The maximum absolute atomic E-state index is 11.3. The fourth-order valence-electron chi connectivity index (χ4n) is 1.04. The van der Waals surface area contributed by atoms with Gasteiger partial charge in [0.25, 0.3) is 0 Å². The minimum Gasteiger partial charge on any atom is -0.459 e. The first-order chi connectivity index (χ1) is 5.89. The first kappa shape index (κ1) is 12.5. The van der Waals surface area contributed by atoms with E-state index in [9.17, 15) is 4.79 Å². The number of ether oxygens (including phenoxy) is 1. The molecule has 13 heavy (non-hydrogen) atoms. The van der Waals surface area contributed by atoms with Gasteiger partial charge in [0.1, 0.15) is 5.60 Å². The lowest BCUT2D eigenvalue weighted by molar-refractivity contribution is -0.161. The Kier molecular flexibility index (Phi) is 5.04. The van der Waals surface area contributed by atoms with Gasteiger partial charge in [0, 0.05) is 0 Å². The Bertz CT molecular complexity index is 159. The summed E-state index contributed by atoms with van der Waals surface area (Å²) in [6.45, 7) is 9.81. The third-order valence-electron chi connectivity index (χ3n) is 1.98. The molecule has 0 aromatic heterocycles. The van der Waals surface area contributed by atoms with Crippen molar-refractivity contribution in [3.8, 4) is 0 Å².